The number of anilines is 1. The Morgan fingerprint density at radius 3 is 2.86 bits per heavy atom. The van der Waals surface area contributed by atoms with E-state index in [1.165, 1.54) is 0 Å². The van der Waals surface area contributed by atoms with E-state index >= 15 is 0 Å². The first-order valence-corrected chi connectivity index (χ1v) is 9.63. The second-order valence-electron chi connectivity index (χ2n) is 6.51. The van der Waals surface area contributed by atoms with E-state index in [-0.39, 0.29) is 6.61 Å². The summed E-state index contributed by atoms with van der Waals surface area (Å²) in [6.45, 7) is 3.80. The minimum Gasteiger partial charge on any atom is -0.489 e. The van der Waals surface area contributed by atoms with Crippen molar-refractivity contribution in [3.63, 3.8) is 0 Å². The van der Waals surface area contributed by atoms with Gasteiger partial charge in [0.1, 0.15) is 18.0 Å². The molecule has 0 saturated carbocycles. The molecule has 0 N–H and O–H groups in total. The second-order valence-corrected chi connectivity index (χ2v) is 6.91. The highest BCUT2D eigenvalue weighted by molar-refractivity contribution is 6.32. The third kappa shape index (κ3) is 4.15. The van der Waals surface area contributed by atoms with Crippen molar-refractivity contribution in [3.8, 4) is 11.5 Å². The quantitative estimate of drug-likeness (QED) is 0.725. The molecule has 148 valence electrons. The molecule has 0 spiro atoms. The van der Waals surface area contributed by atoms with Gasteiger partial charge >= 0.3 is 5.97 Å². The lowest BCUT2D eigenvalue weighted by molar-refractivity contribution is 0.0471. The molecule has 3 heterocycles. The van der Waals surface area contributed by atoms with E-state index < -0.39 is 5.97 Å². The summed E-state index contributed by atoms with van der Waals surface area (Å²) in [5, 5.41) is 0.445. The van der Waals surface area contributed by atoms with Gasteiger partial charge in [-0.25, -0.2) is 9.78 Å². The number of rotatable bonds is 4. The van der Waals surface area contributed by atoms with Crippen molar-refractivity contribution < 1.29 is 23.7 Å². The Bertz CT molecular complexity index is 854. The highest BCUT2D eigenvalue weighted by Gasteiger charge is 2.21. The highest BCUT2D eigenvalue weighted by atomic mass is 35.5. The molecule has 8 heteroatoms. The summed E-state index contributed by atoms with van der Waals surface area (Å²) >= 11 is 6.30. The van der Waals surface area contributed by atoms with E-state index in [0.29, 0.717) is 67.4 Å². The van der Waals surface area contributed by atoms with Crippen LogP contribution in [0.15, 0.2) is 30.5 Å². The van der Waals surface area contributed by atoms with Gasteiger partial charge in [0, 0.05) is 25.7 Å². The van der Waals surface area contributed by atoms with E-state index in [4.69, 9.17) is 30.5 Å². The van der Waals surface area contributed by atoms with Crippen molar-refractivity contribution in [1.29, 1.82) is 0 Å². The van der Waals surface area contributed by atoms with Crippen molar-refractivity contribution in [2.45, 2.75) is 13.0 Å². The van der Waals surface area contributed by atoms with Crippen LogP contribution in [0.2, 0.25) is 5.02 Å². The van der Waals surface area contributed by atoms with Gasteiger partial charge in [-0.1, -0.05) is 11.6 Å². The Kier molecular flexibility index (Phi) is 5.83. The molecule has 1 aromatic carbocycles. The molecule has 28 heavy (non-hydrogen) atoms. The number of halogens is 1. The van der Waals surface area contributed by atoms with Gasteiger partial charge in [-0.3, -0.25) is 0 Å². The number of nitrogens with zero attached hydrogens (tertiary/aromatic N) is 2. The highest BCUT2D eigenvalue weighted by Crippen LogP contribution is 2.38. The summed E-state index contributed by atoms with van der Waals surface area (Å²) in [5.41, 5.74) is 1.17. The predicted octanol–water partition coefficient (Wildman–Crippen LogP) is 3.09. The normalized spacial score (nSPS) is 16.4. The summed E-state index contributed by atoms with van der Waals surface area (Å²) in [6, 6.07) is 6.98. The molecule has 0 amide bonds. The van der Waals surface area contributed by atoms with E-state index in [1.54, 1.807) is 30.5 Å². The lowest BCUT2D eigenvalue weighted by Gasteiger charge is -2.28. The van der Waals surface area contributed by atoms with Gasteiger partial charge in [0.15, 0.2) is 11.5 Å². The SMILES string of the molecule is O=C(OCc1cc(Cl)c2c(c1)OCCCO2)c1cccnc1N1CCOCC1. The Balaban J connectivity index is 1.48. The maximum absolute atomic E-state index is 12.7. The van der Waals surface area contributed by atoms with E-state index in [9.17, 15) is 4.79 Å². The van der Waals surface area contributed by atoms with Crippen LogP contribution in [0.4, 0.5) is 5.82 Å². The first-order chi connectivity index (χ1) is 13.7. The van der Waals surface area contributed by atoms with Gasteiger partial charge in [0.05, 0.1) is 31.5 Å². The van der Waals surface area contributed by atoms with Crippen LogP contribution in [0.25, 0.3) is 0 Å². The number of carbonyl (C=O) groups excluding carboxylic acids is 1. The zero-order chi connectivity index (χ0) is 19.3. The topological polar surface area (TPSA) is 70.1 Å². The fourth-order valence-corrected chi connectivity index (χ4v) is 3.47. The van der Waals surface area contributed by atoms with Crippen LogP contribution in [0.1, 0.15) is 22.3 Å². The number of ether oxygens (including phenoxy) is 4. The number of pyridine rings is 1. The third-order valence-corrected chi connectivity index (χ3v) is 4.83. The minimum absolute atomic E-state index is 0.0760. The van der Waals surface area contributed by atoms with Crippen LogP contribution >= 0.6 is 11.6 Å². The number of benzene rings is 1. The number of aromatic nitrogens is 1. The van der Waals surface area contributed by atoms with E-state index in [1.807, 2.05) is 4.90 Å². The molecular weight excluding hydrogens is 384 g/mol. The number of fused-ring (bicyclic) bond motifs is 1. The molecule has 0 aliphatic carbocycles. The van der Waals surface area contributed by atoms with Crippen LogP contribution in [-0.4, -0.2) is 50.5 Å². The summed E-state index contributed by atoms with van der Waals surface area (Å²) in [4.78, 5) is 19.1. The predicted molar refractivity (Wildman–Crippen MR) is 103 cm³/mol. The monoisotopic (exact) mass is 404 g/mol. The molecule has 0 bridgehead atoms. The van der Waals surface area contributed by atoms with Crippen molar-refractivity contribution in [2.24, 2.45) is 0 Å². The largest absolute Gasteiger partial charge is 0.489 e. The van der Waals surface area contributed by atoms with Crippen LogP contribution < -0.4 is 14.4 Å². The summed E-state index contributed by atoms with van der Waals surface area (Å²) < 4.78 is 22.2. The van der Waals surface area contributed by atoms with Gasteiger partial charge in [-0.2, -0.15) is 0 Å². The number of morpholine rings is 1. The van der Waals surface area contributed by atoms with Gasteiger partial charge in [0.2, 0.25) is 0 Å². The average Bonchev–Trinajstić information content (AvgIpc) is 2.98. The van der Waals surface area contributed by atoms with Gasteiger partial charge in [0.25, 0.3) is 0 Å². The van der Waals surface area contributed by atoms with Crippen molar-refractivity contribution in [2.75, 3.05) is 44.4 Å². The average molecular weight is 405 g/mol. The standard InChI is InChI=1S/C20H21ClN2O5/c21-16-11-14(12-17-18(16)27-8-2-7-26-17)13-28-20(24)15-3-1-4-22-19(15)23-5-9-25-10-6-23/h1,3-4,11-12H,2,5-10,13H2. The van der Waals surface area contributed by atoms with Gasteiger partial charge in [-0.05, 0) is 29.8 Å². The van der Waals surface area contributed by atoms with Crippen LogP contribution in [0.3, 0.4) is 0 Å². The molecule has 2 aromatic rings. The Morgan fingerprint density at radius 1 is 1.18 bits per heavy atom. The first kappa shape index (κ1) is 18.8. The third-order valence-electron chi connectivity index (χ3n) is 4.55. The maximum atomic E-state index is 12.7. The molecule has 4 rings (SSSR count). The molecule has 0 radical (unpaired) electrons. The zero-order valence-corrected chi connectivity index (χ0v) is 16.1. The summed E-state index contributed by atoms with van der Waals surface area (Å²) in [6.07, 6.45) is 2.46. The van der Waals surface area contributed by atoms with Crippen molar-refractivity contribution in [1.82, 2.24) is 4.98 Å². The van der Waals surface area contributed by atoms with Crippen molar-refractivity contribution >= 4 is 23.4 Å². The number of hydrogen-bond acceptors (Lipinski definition) is 7. The van der Waals surface area contributed by atoms with Crippen LogP contribution in [-0.2, 0) is 16.1 Å². The number of esters is 1. The van der Waals surface area contributed by atoms with Gasteiger partial charge < -0.3 is 23.8 Å². The molecule has 2 aliphatic heterocycles. The smallest absolute Gasteiger partial charge is 0.342 e. The minimum atomic E-state index is -0.433. The molecular formula is C20H21ClN2O5. The van der Waals surface area contributed by atoms with E-state index in [2.05, 4.69) is 4.98 Å². The fourth-order valence-electron chi connectivity index (χ4n) is 3.18. The molecule has 1 saturated heterocycles. The zero-order valence-electron chi connectivity index (χ0n) is 15.4. The van der Waals surface area contributed by atoms with Crippen LogP contribution in [0, 0.1) is 0 Å². The molecule has 1 aromatic heterocycles. The second kappa shape index (κ2) is 8.67. The lowest BCUT2D eigenvalue weighted by atomic mass is 10.2. The summed E-state index contributed by atoms with van der Waals surface area (Å²) in [5.74, 6) is 1.30. The maximum Gasteiger partial charge on any atom is 0.342 e. The van der Waals surface area contributed by atoms with E-state index in [0.717, 1.165) is 12.0 Å². The summed E-state index contributed by atoms with van der Waals surface area (Å²) in [7, 11) is 0. The number of hydrogen-bond donors (Lipinski definition) is 0. The van der Waals surface area contributed by atoms with Crippen LogP contribution in [0.5, 0.6) is 11.5 Å². The lowest BCUT2D eigenvalue weighted by Crippen LogP contribution is -2.37. The van der Waals surface area contributed by atoms with Crippen molar-refractivity contribution in [3.05, 3.63) is 46.6 Å². The molecule has 1 fully saturated rings. The Morgan fingerprint density at radius 2 is 2.00 bits per heavy atom. The number of carbonyl (C=O) groups is 1. The molecule has 0 atom stereocenters. The molecule has 0 unspecified atom stereocenters. The Labute approximate surface area is 168 Å². The fraction of sp³-hybridized carbons (Fsp3) is 0.400. The molecule has 2 aliphatic rings. The Hall–Kier alpha value is -2.51. The molecule has 7 nitrogen and oxygen atoms in total. The first-order valence-electron chi connectivity index (χ1n) is 9.25. The van der Waals surface area contributed by atoms with Gasteiger partial charge in [-0.15, -0.1) is 0 Å².